The lowest BCUT2D eigenvalue weighted by Gasteiger charge is -2.60. The van der Waals surface area contributed by atoms with Crippen LogP contribution in [0.5, 0.6) is 0 Å². The molecule has 2 aromatic carbocycles. The number of aliphatic hydroxyl groups excluding tert-OH is 1. The van der Waals surface area contributed by atoms with Crippen LogP contribution in [0.25, 0.3) is 10.2 Å². The molecule has 3 aromatic rings. The topological polar surface area (TPSA) is 106 Å². The van der Waals surface area contributed by atoms with Crippen LogP contribution in [-0.4, -0.2) is 45.2 Å². The Hall–Kier alpha value is -3.01. The van der Waals surface area contributed by atoms with Crippen molar-refractivity contribution in [2.45, 2.75) is 74.8 Å². The number of rotatable bonds is 6. The number of ketones is 2. The zero-order chi connectivity index (χ0) is 30.7. The standard InChI is InChI=1S/C35H38N2O5S2/c1-33-16-14-23(38)18-21(33)12-13-24-25-15-17-35(34(25,2)19-27(39)30(24)33,42-31(41)36-22-8-4-3-5-9-22)29(40)20-43-32-37-26-10-6-7-11-28(26)44-32/h3-11,18,24-25,27,30,39H,12-17,19-20H2,1-2H3,(H,36,41)/t24?,25?,27-,30?,33?,34?,35-/m0/s1. The third-order valence-electron chi connectivity index (χ3n) is 11.4. The number of fused-ring (bicyclic) bond motifs is 6. The summed E-state index contributed by atoms with van der Waals surface area (Å²) in [6, 6.07) is 17.0. The van der Waals surface area contributed by atoms with Gasteiger partial charge in [-0.15, -0.1) is 11.3 Å². The number of benzene rings is 2. The van der Waals surface area contributed by atoms with Crippen LogP contribution < -0.4 is 5.32 Å². The molecular formula is C35H38N2O5S2. The maximum atomic E-state index is 14.5. The van der Waals surface area contributed by atoms with E-state index in [1.54, 1.807) is 23.5 Å². The minimum Gasteiger partial charge on any atom is -0.434 e. The third-order valence-corrected chi connectivity index (χ3v) is 13.5. The number of Topliss-reactive ketones (excluding diaryl/α,β-unsaturated/α-hetero) is 1. The Bertz CT molecular complexity index is 1620. The Morgan fingerprint density at radius 3 is 2.64 bits per heavy atom. The highest BCUT2D eigenvalue weighted by Crippen LogP contribution is 2.68. The molecule has 5 unspecified atom stereocenters. The van der Waals surface area contributed by atoms with E-state index in [0.29, 0.717) is 24.9 Å². The second kappa shape index (κ2) is 11.1. The molecule has 3 saturated carbocycles. The largest absolute Gasteiger partial charge is 0.434 e. The molecule has 2 N–H and O–H groups in total. The van der Waals surface area contributed by atoms with Crippen molar-refractivity contribution in [3.8, 4) is 0 Å². The van der Waals surface area contributed by atoms with E-state index in [0.717, 1.165) is 40.2 Å². The fraction of sp³-hybridized carbons (Fsp3) is 0.486. The number of carbonyl (C=O) groups is 3. The average Bonchev–Trinajstić information content (AvgIpc) is 3.55. The molecule has 7 nitrogen and oxygen atoms in total. The van der Waals surface area contributed by atoms with Crippen molar-refractivity contribution >= 4 is 56.7 Å². The molecule has 0 spiro atoms. The highest BCUT2D eigenvalue weighted by Gasteiger charge is 2.70. The third kappa shape index (κ3) is 4.74. The molecule has 0 radical (unpaired) electrons. The number of nitrogens with zero attached hydrogens (tertiary/aromatic N) is 1. The molecule has 1 amide bonds. The van der Waals surface area contributed by atoms with Gasteiger partial charge in [-0.25, -0.2) is 9.78 Å². The molecule has 0 saturated heterocycles. The second-order valence-electron chi connectivity index (χ2n) is 13.5. The van der Waals surface area contributed by atoms with Gasteiger partial charge in [0.1, 0.15) is 0 Å². The van der Waals surface area contributed by atoms with E-state index in [9.17, 15) is 19.5 Å². The van der Waals surface area contributed by atoms with Crippen LogP contribution in [-0.2, 0) is 14.3 Å². The number of ether oxygens (including phenoxy) is 1. The number of allylic oxidation sites excluding steroid dienone is 1. The first-order valence-corrected chi connectivity index (χ1v) is 17.4. The number of aromatic nitrogens is 1. The summed E-state index contributed by atoms with van der Waals surface area (Å²) in [6.45, 7) is 4.29. The van der Waals surface area contributed by atoms with Crippen molar-refractivity contribution in [3.63, 3.8) is 0 Å². The Morgan fingerprint density at radius 2 is 1.84 bits per heavy atom. The summed E-state index contributed by atoms with van der Waals surface area (Å²) < 4.78 is 8.23. The highest BCUT2D eigenvalue weighted by molar-refractivity contribution is 8.01. The SMILES string of the molecule is CC12CCC(=O)C=C1CCC1C2[C@@H](O)CC2(C)C1CC[C@]2(OC(=O)Nc1ccccc1)C(=O)CSc1nc2ccccc2s1. The van der Waals surface area contributed by atoms with Crippen LogP contribution in [0.3, 0.4) is 0 Å². The first-order valence-electron chi connectivity index (χ1n) is 15.6. The average molecular weight is 631 g/mol. The van der Waals surface area contributed by atoms with Crippen molar-refractivity contribution in [2.75, 3.05) is 11.1 Å². The fourth-order valence-electron chi connectivity index (χ4n) is 9.34. The van der Waals surface area contributed by atoms with Crippen LogP contribution in [0, 0.1) is 28.6 Å². The maximum absolute atomic E-state index is 14.5. The van der Waals surface area contributed by atoms with E-state index in [1.165, 1.54) is 17.3 Å². The Morgan fingerprint density at radius 1 is 1.07 bits per heavy atom. The predicted molar refractivity (Wildman–Crippen MR) is 173 cm³/mol. The van der Waals surface area contributed by atoms with Gasteiger partial charge in [0, 0.05) is 17.5 Å². The Labute approximate surface area is 265 Å². The number of amides is 1. The molecule has 9 heteroatoms. The number of hydrogen-bond donors (Lipinski definition) is 2. The lowest BCUT2D eigenvalue weighted by Crippen LogP contribution is -2.63. The van der Waals surface area contributed by atoms with Crippen LogP contribution in [0.1, 0.15) is 58.8 Å². The van der Waals surface area contributed by atoms with Gasteiger partial charge in [0.15, 0.2) is 21.5 Å². The van der Waals surface area contributed by atoms with Gasteiger partial charge >= 0.3 is 6.09 Å². The lowest BCUT2D eigenvalue weighted by molar-refractivity contribution is -0.178. The molecule has 230 valence electrons. The number of para-hydroxylation sites is 2. The molecule has 0 bridgehead atoms. The van der Waals surface area contributed by atoms with Crippen molar-refractivity contribution in [1.82, 2.24) is 4.98 Å². The van der Waals surface area contributed by atoms with E-state index in [-0.39, 0.29) is 40.5 Å². The van der Waals surface area contributed by atoms with E-state index in [2.05, 4.69) is 19.2 Å². The highest BCUT2D eigenvalue weighted by atomic mass is 32.2. The molecule has 7 atom stereocenters. The van der Waals surface area contributed by atoms with E-state index in [4.69, 9.17) is 9.72 Å². The molecule has 44 heavy (non-hydrogen) atoms. The van der Waals surface area contributed by atoms with E-state index >= 15 is 0 Å². The van der Waals surface area contributed by atoms with Gasteiger partial charge < -0.3 is 9.84 Å². The van der Waals surface area contributed by atoms with Crippen molar-refractivity contribution in [1.29, 1.82) is 0 Å². The fourth-order valence-corrected chi connectivity index (χ4v) is 11.4. The molecule has 1 heterocycles. The number of thiazole rings is 1. The quantitative estimate of drug-likeness (QED) is 0.273. The van der Waals surface area contributed by atoms with Gasteiger partial charge in [-0.2, -0.15) is 0 Å². The van der Waals surface area contributed by atoms with Gasteiger partial charge in [0.05, 0.1) is 22.1 Å². The summed E-state index contributed by atoms with van der Waals surface area (Å²) in [5, 5.41) is 14.8. The van der Waals surface area contributed by atoms with Crippen molar-refractivity contribution < 1.29 is 24.2 Å². The maximum Gasteiger partial charge on any atom is 0.412 e. The van der Waals surface area contributed by atoms with Crippen LogP contribution in [0.2, 0.25) is 0 Å². The molecule has 0 aliphatic heterocycles. The van der Waals surface area contributed by atoms with Gasteiger partial charge in [-0.3, -0.25) is 14.9 Å². The summed E-state index contributed by atoms with van der Waals surface area (Å²) in [5.41, 5.74) is 0.308. The molecule has 4 aliphatic rings. The number of hydrogen-bond acceptors (Lipinski definition) is 8. The first-order chi connectivity index (χ1) is 21.1. The van der Waals surface area contributed by atoms with E-state index < -0.39 is 23.2 Å². The molecule has 3 fully saturated rings. The number of aliphatic hydroxyl groups is 1. The van der Waals surface area contributed by atoms with Crippen LogP contribution >= 0.6 is 23.1 Å². The normalized spacial score (nSPS) is 34.4. The number of nitrogens with one attached hydrogen (secondary N) is 1. The first kappa shape index (κ1) is 29.7. The van der Waals surface area contributed by atoms with Gasteiger partial charge in [0.25, 0.3) is 0 Å². The molecule has 7 rings (SSSR count). The molecule has 1 aromatic heterocycles. The second-order valence-corrected chi connectivity index (χ2v) is 15.7. The summed E-state index contributed by atoms with van der Waals surface area (Å²) in [4.78, 5) is 45.1. The van der Waals surface area contributed by atoms with Gasteiger partial charge in [0.2, 0.25) is 0 Å². The molecular weight excluding hydrogens is 593 g/mol. The minimum absolute atomic E-state index is 0.00912. The van der Waals surface area contributed by atoms with Crippen LogP contribution in [0.4, 0.5) is 10.5 Å². The summed E-state index contributed by atoms with van der Waals surface area (Å²) in [7, 11) is 0. The van der Waals surface area contributed by atoms with Crippen LogP contribution in [0.15, 0.2) is 70.6 Å². The Balaban J connectivity index is 1.21. The number of anilines is 1. The van der Waals surface area contributed by atoms with Crippen molar-refractivity contribution in [3.05, 3.63) is 66.2 Å². The lowest BCUT2D eigenvalue weighted by atomic mass is 9.45. The summed E-state index contributed by atoms with van der Waals surface area (Å²) in [6.07, 6.45) is 4.97. The number of thioether (sulfide) groups is 1. The summed E-state index contributed by atoms with van der Waals surface area (Å²) in [5.74, 6) is 0.457. The Kier molecular flexibility index (Phi) is 7.49. The zero-order valence-corrected chi connectivity index (χ0v) is 26.7. The van der Waals surface area contributed by atoms with E-state index in [1.807, 2.05) is 48.5 Å². The monoisotopic (exact) mass is 630 g/mol. The zero-order valence-electron chi connectivity index (χ0n) is 25.1. The number of carbonyl (C=O) groups excluding carboxylic acids is 3. The van der Waals surface area contributed by atoms with Gasteiger partial charge in [-0.1, -0.05) is 61.5 Å². The van der Waals surface area contributed by atoms with Gasteiger partial charge in [-0.05, 0) is 92.0 Å². The minimum atomic E-state index is -1.38. The summed E-state index contributed by atoms with van der Waals surface area (Å²) >= 11 is 2.95. The molecule has 4 aliphatic carbocycles. The predicted octanol–water partition coefficient (Wildman–Crippen LogP) is 7.45. The van der Waals surface area contributed by atoms with Crippen molar-refractivity contribution in [2.24, 2.45) is 28.6 Å². The smallest absolute Gasteiger partial charge is 0.412 e.